The SMILES string of the molecule is Nc1cccc(Cl)c1Sc1nnc(C2CC2)n1C1CC1. The summed E-state index contributed by atoms with van der Waals surface area (Å²) in [5.41, 5.74) is 6.72. The molecular formula is C14H15ClN4S. The van der Waals surface area contributed by atoms with E-state index in [1.165, 1.54) is 37.4 Å². The van der Waals surface area contributed by atoms with Gasteiger partial charge < -0.3 is 10.3 Å². The molecule has 0 amide bonds. The van der Waals surface area contributed by atoms with Crippen LogP contribution < -0.4 is 5.73 Å². The van der Waals surface area contributed by atoms with Gasteiger partial charge in [-0.2, -0.15) is 0 Å². The van der Waals surface area contributed by atoms with Gasteiger partial charge in [0.1, 0.15) is 5.82 Å². The summed E-state index contributed by atoms with van der Waals surface area (Å²) in [5, 5.41) is 10.4. The first-order chi connectivity index (χ1) is 9.74. The zero-order valence-corrected chi connectivity index (χ0v) is 12.5. The molecule has 6 heteroatoms. The van der Waals surface area contributed by atoms with Gasteiger partial charge in [0.05, 0.1) is 9.92 Å². The zero-order valence-electron chi connectivity index (χ0n) is 10.9. The van der Waals surface area contributed by atoms with Crippen molar-refractivity contribution in [3.8, 4) is 0 Å². The second-order valence-corrected chi connectivity index (χ2v) is 6.86. The molecular weight excluding hydrogens is 292 g/mol. The average molecular weight is 307 g/mol. The molecule has 0 unspecified atom stereocenters. The fourth-order valence-electron chi connectivity index (χ4n) is 2.38. The Morgan fingerprint density at radius 1 is 1.20 bits per heavy atom. The number of nitrogen functional groups attached to an aromatic ring is 1. The first kappa shape index (κ1) is 12.5. The fraction of sp³-hybridized carbons (Fsp3) is 0.429. The van der Waals surface area contributed by atoms with E-state index >= 15 is 0 Å². The highest BCUT2D eigenvalue weighted by Gasteiger charge is 2.36. The number of aromatic nitrogens is 3. The van der Waals surface area contributed by atoms with Crippen molar-refractivity contribution in [1.29, 1.82) is 0 Å². The molecule has 1 heterocycles. The Kier molecular flexibility index (Phi) is 2.93. The lowest BCUT2D eigenvalue weighted by Crippen LogP contribution is -2.02. The first-order valence-corrected chi connectivity index (χ1v) is 8.10. The lowest BCUT2D eigenvalue weighted by atomic mass is 10.3. The van der Waals surface area contributed by atoms with Gasteiger partial charge in [-0.25, -0.2) is 0 Å². The van der Waals surface area contributed by atoms with Crippen molar-refractivity contribution in [3.63, 3.8) is 0 Å². The highest BCUT2D eigenvalue weighted by Crippen LogP contribution is 2.47. The Bertz CT molecular complexity index is 641. The third kappa shape index (κ3) is 2.19. The van der Waals surface area contributed by atoms with E-state index < -0.39 is 0 Å². The minimum atomic E-state index is 0.576. The quantitative estimate of drug-likeness (QED) is 0.871. The predicted octanol–water partition coefficient (Wildman–Crippen LogP) is 3.88. The van der Waals surface area contributed by atoms with E-state index in [2.05, 4.69) is 14.8 Å². The lowest BCUT2D eigenvalue weighted by molar-refractivity contribution is 0.627. The molecule has 1 aromatic heterocycles. The number of nitrogens with two attached hydrogens (primary N) is 1. The molecule has 4 nitrogen and oxygen atoms in total. The van der Waals surface area contributed by atoms with Crippen molar-refractivity contribution in [2.75, 3.05) is 5.73 Å². The van der Waals surface area contributed by atoms with Gasteiger partial charge >= 0.3 is 0 Å². The summed E-state index contributed by atoms with van der Waals surface area (Å²) in [6.07, 6.45) is 4.93. The number of benzene rings is 1. The van der Waals surface area contributed by atoms with Crippen LogP contribution in [0.5, 0.6) is 0 Å². The lowest BCUT2D eigenvalue weighted by Gasteiger charge is -2.10. The van der Waals surface area contributed by atoms with E-state index in [-0.39, 0.29) is 0 Å². The van der Waals surface area contributed by atoms with Crippen LogP contribution in [-0.4, -0.2) is 14.8 Å². The summed E-state index contributed by atoms with van der Waals surface area (Å²) in [5.74, 6) is 1.77. The molecule has 2 saturated carbocycles. The van der Waals surface area contributed by atoms with E-state index in [0.29, 0.717) is 22.7 Å². The predicted molar refractivity (Wildman–Crippen MR) is 80.3 cm³/mol. The number of halogens is 1. The molecule has 0 spiro atoms. The van der Waals surface area contributed by atoms with Crippen molar-refractivity contribution in [2.45, 2.75) is 47.7 Å². The van der Waals surface area contributed by atoms with Gasteiger partial charge in [-0.3, -0.25) is 0 Å². The summed E-state index contributed by atoms with van der Waals surface area (Å²) < 4.78 is 2.31. The maximum absolute atomic E-state index is 6.25. The number of hydrogen-bond donors (Lipinski definition) is 1. The molecule has 4 rings (SSSR count). The Hall–Kier alpha value is -1.20. The van der Waals surface area contributed by atoms with E-state index in [1.807, 2.05) is 18.2 Å². The third-order valence-electron chi connectivity index (χ3n) is 3.74. The van der Waals surface area contributed by atoms with E-state index in [4.69, 9.17) is 17.3 Å². The van der Waals surface area contributed by atoms with Crippen LogP contribution in [0.3, 0.4) is 0 Å². The maximum atomic E-state index is 6.25. The number of nitrogens with zero attached hydrogens (tertiary/aromatic N) is 3. The molecule has 2 aliphatic rings. The number of hydrogen-bond acceptors (Lipinski definition) is 4. The number of rotatable bonds is 4. The van der Waals surface area contributed by atoms with Gasteiger partial charge in [0.2, 0.25) is 0 Å². The van der Waals surface area contributed by atoms with Crippen molar-refractivity contribution in [3.05, 3.63) is 29.0 Å². The fourth-order valence-corrected chi connectivity index (χ4v) is 3.63. The van der Waals surface area contributed by atoms with Crippen molar-refractivity contribution in [2.24, 2.45) is 0 Å². The van der Waals surface area contributed by atoms with Crippen LogP contribution in [-0.2, 0) is 0 Å². The van der Waals surface area contributed by atoms with Crippen LogP contribution in [0.25, 0.3) is 0 Å². The molecule has 104 valence electrons. The van der Waals surface area contributed by atoms with Gasteiger partial charge in [0, 0.05) is 17.6 Å². The van der Waals surface area contributed by atoms with Crippen LogP contribution in [0.15, 0.2) is 28.3 Å². The minimum absolute atomic E-state index is 0.576. The molecule has 0 bridgehead atoms. The van der Waals surface area contributed by atoms with Crippen molar-refractivity contribution < 1.29 is 0 Å². The molecule has 0 radical (unpaired) electrons. The second kappa shape index (κ2) is 4.67. The van der Waals surface area contributed by atoms with Crippen LogP contribution in [0.1, 0.15) is 43.5 Å². The van der Waals surface area contributed by atoms with E-state index in [9.17, 15) is 0 Å². The Balaban J connectivity index is 1.72. The van der Waals surface area contributed by atoms with Crippen molar-refractivity contribution >= 4 is 29.1 Å². The smallest absolute Gasteiger partial charge is 0.196 e. The molecule has 0 saturated heterocycles. The zero-order chi connectivity index (χ0) is 13.7. The van der Waals surface area contributed by atoms with Crippen LogP contribution in [0.4, 0.5) is 5.69 Å². The second-order valence-electron chi connectivity index (χ2n) is 5.48. The third-order valence-corrected chi connectivity index (χ3v) is 5.28. The molecule has 1 aromatic carbocycles. The van der Waals surface area contributed by atoms with Gasteiger partial charge in [-0.1, -0.05) is 17.7 Å². The normalized spacial score (nSPS) is 18.4. The topological polar surface area (TPSA) is 56.7 Å². The summed E-state index contributed by atoms with van der Waals surface area (Å²) in [7, 11) is 0. The molecule has 2 fully saturated rings. The molecule has 0 atom stereocenters. The Morgan fingerprint density at radius 2 is 2.00 bits per heavy atom. The van der Waals surface area contributed by atoms with E-state index in [0.717, 1.165) is 15.9 Å². The van der Waals surface area contributed by atoms with Crippen LogP contribution in [0, 0.1) is 0 Å². The standard InChI is InChI=1S/C14H15ClN4S/c15-10-2-1-3-11(16)12(10)20-14-18-17-13(8-4-5-8)19(14)9-6-7-9/h1-3,8-9H,4-7,16H2. The molecule has 0 aliphatic heterocycles. The largest absolute Gasteiger partial charge is 0.398 e. The molecule has 2 aromatic rings. The number of anilines is 1. The van der Waals surface area contributed by atoms with E-state index in [1.54, 1.807) is 0 Å². The molecule has 2 N–H and O–H groups in total. The Morgan fingerprint density at radius 3 is 2.65 bits per heavy atom. The van der Waals surface area contributed by atoms with Gasteiger partial charge in [-0.15, -0.1) is 10.2 Å². The highest BCUT2D eigenvalue weighted by atomic mass is 35.5. The van der Waals surface area contributed by atoms with Crippen LogP contribution in [0.2, 0.25) is 5.02 Å². The average Bonchev–Trinajstić information content (AvgIpc) is 3.33. The monoisotopic (exact) mass is 306 g/mol. The highest BCUT2D eigenvalue weighted by molar-refractivity contribution is 7.99. The Labute approximate surface area is 126 Å². The van der Waals surface area contributed by atoms with Gasteiger partial charge in [-0.05, 0) is 49.6 Å². The first-order valence-electron chi connectivity index (χ1n) is 6.90. The van der Waals surface area contributed by atoms with Crippen LogP contribution >= 0.6 is 23.4 Å². The summed E-state index contributed by atoms with van der Waals surface area (Å²) in [6, 6.07) is 6.17. The summed E-state index contributed by atoms with van der Waals surface area (Å²) >= 11 is 7.78. The minimum Gasteiger partial charge on any atom is -0.398 e. The van der Waals surface area contributed by atoms with Crippen molar-refractivity contribution in [1.82, 2.24) is 14.8 Å². The molecule has 2 aliphatic carbocycles. The van der Waals surface area contributed by atoms with Gasteiger partial charge in [0.15, 0.2) is 5.16 Å². The maximum Gasteiger partial charge on any atom is 0.196 e. The summed E-state index contributed by atoms with van der Waals surface area (Å²) in [6.45, 7) is 0. The molecule has 20 heavy (non-hydrogen) atoms. The summed E-state index contributed by atoms with van der Waals surface area (Å²) in [4.78, 5) is 0.880. The van der Waals surface area contributed by atoms with Gasteiger partial charge in [0.25, 0.3) is 0 Å².